The molecule has 0 aliphatic heterocycles. The molecular weight excluding hydrogens is 224 g/mol. The zero-order chi connectivity index (χ0) is 13.0. The molecule has 0 N–H and O–H groups in total. The molecule has 0 amide bonds. The van der Waals surface area contributed by atoms with E-state index < -0.39 is 0 Å². The Labute approximate surface area is 106 Å². The van der Waals surface area contributed by atoms with E-state index in [-0.39, 0.29) is 0 Å². The molecule has 0 atom stereocenters. The van der Waals surface area contributed by atoms with Crippen LogP contribution in [0.5, 0.6) is 0 Å². The van der Waals surface area contributed by atoms with Crippen LogP contribution in [0.2, 0.25) is 0 Å². The summed E-state index contributed by atoms with van der Waals surface area (Å²) in [4.78, 5) is 12.9. The van der Waals surface area contributed by atoms with Crippen LogP contribution in [-0.2, 0) is 0 Å². The van der Waals surface area contributed by atoms with Gasteiger partial charge in [0.2, 0.25) is 0 Å². The summed E-state index contributed by atoms with van der Waals surface area (Å²) < 4.78 is 1.98. The Bertz CT molecular complexity index is 629. The van der Waals surface area contributed by atoms with Gasteiger partial charge >= 0.3 is 0 Å². The first-order valence-electron chi connectivity index (χ1n) is 6.05. The highest BCUT2D eigenvalue weighted by atomic mass is 15.0. The van der Waals surface area contributed by atoms with Crippen molar-refractivity contribution in [3.8, 4) is 11.3 Å². The predicted molar refractivity (Wildman–Crippen MR) is 72.3 cm³/mol. The summed E-state index contributed by atoms with van der Waals surface area (Å²) in [6.45, 7) is 5.98. The van der Waals surface area contributed by atoms with E-state index in [1.807, 2.05) is 49.7 Å². The minimum absolute atomic E-state index is 0.881. The van der Waals surface area contributed by atoms with Crippen LogP contribution in [0.4, 0.5) is 0 Å². The van der Waals surface area contributed by atoms with E-state index in [9.17, 15) is 0 Å². The lowest BCUT2D eigenvalue weighted by molar-refractivity contribution is 1.13. The quantitative estimate of drug-likeness (QED) is 0.656. The maximum atomic E-state index is 4.47. The molecule has 4 heteroatoms. The third-order valence-electron chi connectivity index (χ3n) is 2.45. The minimum Gasteiger partial charge on any atom is -0.303 e. The van der Waals surface area contributed by atoms with Crippen LogP contribution in [0.15, 0.2) is 43.1 Å². The standard InChI is InChI=1S/C12H10N4.C2H6/c1-9-8-16-7-6-14-11(12(16)15-9)10-2-4-13-5-3-10;1-2/h2-8H,1H3;1-2H3. The van der Waals surface area contributed by atoms with E-state index in [0.717, 1.165) is 22.6 Å². The molecule has 0 saturated heterocycles. The molecule has 3 rings (SSSR count). The third-order valence-corrected chi connectivity index (χ3v) is 2.45. The number of pyridine rings is 1. The van der Waals surface area contributed by atoms with Crippen LogP contribution in [0.3, 0.4) is 0 Å². The van der Waals surface area contributed by atoms with Crippen molar-refractivity contribution in [3.63, 3.8) is 0 Å². The molecule has 3 heterocycles. The van der Waals surface area contributed by atoms with Crippen molar-refractivity contribution < 1.29 is 0 Å². The molecule has 3 aromatic heterocycles. The van der Waals surface area contributed by atoms with Crippen molar-refractivity contribution in [2.75, 3.05) is 0 Å². The van der Waals surface area contributed by atoms with Gasteiger partial charge in [-0.05, 0) is 19.1 Å². The van der Waals surface area contributed by atoms with E-state index in [2.05, 4.69) is 15.0 Å². The number of imidazole rings is 1. The van der Waals surface area contributed by atoms with Gasteiger partial charge in [-0.15, -0.1) is 0 Å². The first-order chi connectivity index (χ1) is 8.84. The zero-order valence-electron chi connectivity index (χ0n) is 10.8. The van der Waals surface area contributed by atoms with Crippen molar-refractivity contribution in [2.45, 2.75) is 20.8 Å². The fourth-order valence-corrected chi connectivity index (χ4v) is 1.76. The highest BCUT2D eigenvalue weighted by Crippen LogP contribution is 2.20. The Hall–Kier alpha value is -2.23. The average molecular weight is 240 g/mol. The summed E-state index contributed by atoms with van der Waals surface area (Å²) in [6.07, 6.45) is 9.19. The Morgan fingerprint density at radius 3 is 2.50 bits per heavy atom. The molecule has 0 radical (unpaired) electrons. The average Bonchev–Trinajstić information content (AvgIpc) is 2.82. The van der Waals surface area contributed by atoms with Crippen LogP contribution in [0.1, 0.15) is 19.5 Å². The maximum absolute atomic E-state index is 4.47. The van der Waals surface area contributed by atoms with Gasteiger partial charge in [-0.25, -0.2) is 4.98 Å². The second kappa shape index (κ2) is 5.40. The summed E-state index contributed by atoms with van der Waals surface area (Å²) in [5.74, 6) is 0. The topological polar surface area (TPSA) is 43.1 Å². The molecule has 92 valence electrons. The van der Waals surface area contributed by atoms with Crippen molar-refractivity contribution in [2.24, 2.45) is 0 Å². The van der Waals surface area contributed by atoms with Gasteiger partial charge in [0.05, 0.1) is 5.69 Å². The van der Waals surface area contributed by atoms with Gasteiger partial charge in [-0.3, -0.25) is 9.97 Å². The van der Waals surface area contributed by atoms with Crippen LogP contribution in [-0.4, -0.2) is 19.4 Å². The first-order valence-corrected chi connectivity index (χ1v) is 6.05. The maximum Gasteiger partial charge on any atom is 0.163 e. The smallest absolute Gasteiger partial charge is 0.163 e. The van der Waals surface area contributed by atoms with Gasteiger partial charge < -0.3 is 4.40 Å². The predicted octanol–water partition coefficient (Wildman–Crippen LogP) is 3.13. The Morgan fingerprint density at radius 1 is 1.06 bits per heavy atom. The molecule has 18 heavy (non-hydrogen) atoms. The lowest BCUT2D eigenvalue weighted by Crippen LogP contribution is -1.91. The SMILES string of the molecule is CC.Cc1cn2ccnc(-c3ccncc3)c2n1. The number of nitrogens with zero attached hydrogens (tertiary/aromatic N) is 4. The lowest BCUT2D eigenvalue weighted by Gasteiger charge is -2.01. The Kier molecular flexibility index (Phi) is 3.67. The molecule has 0 unspecified atom stereocenters. The molecule has 0 aliphatic rings. The summed E-state index contributed by atoms with van der Waals surface area (Å²) in [6, 6.07) is 3.87. The van der Waals surface area contributed by atoms with Gasteiger partial charge in [-0.2, -0.15) is 0 Å². The number of hydrogen-bond donors (Lipinski definition) is 0. The number of hydrogen-bond acceptors (Lipinski definition) is 3. The van der Waals surface area contributed by atoms with Gasteiger partial charge in [0.1, 0.15) is 5.69 Å². The van der Waals surface area contributed by atoms with Crippen molar-refractivity contribution >= 4 is 5.65 Å². The van der Waals surface area contributed by atoms with Gasteiger partial charge in [0, 0.05) is 36.5 Å². The van der Waals surface area contributed by atoms with Gasteiger partial charge in [0.25, 0.3) is 0 Å². The largest absolute Gasteiger partial charge is 0.303 e. The molecule has 0 spiro atoms. The second-order valence-corrected chi connectivity index (χ2v) is 3.62. The summed E-state index contributed by atoms with van der Waals surface area (Å²) in [5, 5.41) is 0. The van der Waals surface area contributed by atoms with E-state index in [4.69, 9.17) is 0 Å². The molecule has 4 nitrogen and oxygen atoms in total. The van der Waals surface area contributed by atoms with Crippen LogP contribution in [0.25, 0.3) is 16.9 Å². The molecule has 0 bridgehead atoms. The first kappa shape index (κ1) is 12.2. The molecule has 0 saturated carbocycles. The summed E-state index contributed by atoms with van der Waals surface area (Å²) in [5.41, 5.74) is 3.79. The monoisotopic (exact) mass is 240 g/mol. The highest BCUT2D eigenvalue weighted by molar-refractivity contribution is 5.73. The summed E-state index contributed by atoms with van der Waals surface area (Å²) in [7, 11) is 0. The fraction of sp³-hybridized carbons (Fsp3) is 0.214. The van der Waals surface area contributed by atoms with E-state index >= 15 is 0 Å². The van der Waals surface area contributed by atoms with Crippen molar-refractivity contribution in [1.29, 1.82) is 0 Å². The number of aryl methyl sites for hydroxylation is 1. The van der Waals surface area contributed by atoms with E-state index in [0.29, 0.717) is 0 Å². The fourth-order valence-electron chi connectivity index (χ4n) is 1.76. The minimum atomic E-state index is 0.881. The molecule has 3 aromatic rings. The van der Waals surface area contributed by atoms with Gasteiger partial charge in [-0.1, -0.05) is 13.8 Å². The lowest BCUT2D eigenvalue weighted by atomic mass is 10.2. The normalized spacial score (nSPS) is 9.94. The number of aromatic nitrogens is 4. The summed E-state index contributed by atoms with van der Waals surface area (Å²) >= 11 is 0. The molecule has 0 aromatic carbocycles. The van der Waals surface area contributed by atoms with E-state index in [1.165, 1.54) is 0 Å². The van der Waals surface area contributed by atoms with E-state index in [1.54, 1.807) is 18.6 Å². The van der Waals surface area contributed by atoms with Crippen molar-refractivity contribution in [1.82, 2.24) is 19.4 Å². The van der Waals surface area contributed by atoms with Crippen LogP contribution >= 0.6 is 0 Å². The van der Waals surface area contributed by atoms with Crippen LogP contribution < -0.4 is 0 Å². The molecular formula is C14H16N4. The van der Waals surface area contributed by atoms with Gasteiger partial charge in [0.15, 0.2) is 5.65 Å². The second-order valence-electron chi connectivity index (χ2n) is 3.62. The zero-order valence-corrected chi connectivity index (χ0v) is 10.8. The number of fused-ring (bicyclic) bond motifs is 1. The Morgan fingerprint density at radius 2 is 1.78 bits per heavy atom. The van der Waals surface area contributed by atoms with Crippen molar-refractivity contribution in [3.05, 3.63) is 48.8 Å². The molecule has 0 fully saturated rings. The number of rotatable bonds is 1. The Balaban J connectivity index is 0.000000574. The van der Waals surface area contributed by atoms with Crippen LogP contribution in [0, 0.1) is 6.92 Å². The molecule has 0 aliphatic carbocycles. The highest BCUT2D eigenvalue weighted by Gasteiger charge is 2.07. The third kappa shape index (κ3) is 2.22.